The van der Waals surface area contributed by atoms with Crippen molar-refractivity contribution in [3.63, 3.8) is 0 Å². The Morgan fingerprint density at radius 1 is 1.37 bits per heavy atom. The Kier molecular flexibility index (Phi) is 6.70. The van der Waals surface area contributed by atoms with Crippen molar-refractivity contribution in [1.82, 2.24) is 5.32 Å². The number of carbonyl (C=O) groups excluding carboxylic acids is 1. The molecule has 0 atom stereocenters. The van der Waals surface area contributed by atoms with Crippen molar-refractivity contribution in [2.45, 2.75) is 26.7 Å². The highest BCUT2D eigenvalue weighted by Gasteiger charge is 2.08. The summed E-state index contributed by atoms with van der Waals surface area (Å²) in [6, 6.07) is 7.31. The van der Waals surface area contributed by atoms with Gasteiger partial charge in [0.15, 0.2) is 0 Å². The van der Waals surface area contributed by atoms with Gasteiger partial charge in [0.05, 0.1) is 6.54 Å². The molecule has 0 saturated carbocycles. The van der Waals surface area contributed by atoms with Crippen molar-refractivity contribution in [2.24, 2.45) is 11.7 Å². The average molecular weight is 258 g/mol. The summed E-state index contributed by atoms with van der Waals surface area (Å²) in [5, 5.41) is 2.97. The molecule has 0 radical (unpaired) electrons. The van der Waals surface area contributed by atoms with Gasteiger partial charge in [0.2, 0.25) is 0 Å². The smallest absolute Gasteiger partial charge is 0.251 e. The molecule has 19 heavy (non-hydrogen) atoms. The van der Waals surface area contributed by atoms with Crippen LogP contribution in [0.1, 0.15) is 42.6 Å². The van der Waals surface area contributed by atoms with Gasteiger partial charge >= 0.3 is 0 Å². The predicted octanol–water partition coefficient (Wildman–Crippen LogP) is 2.16. The lowest BCUT2D eigenvalue weighted by Gasteiger charge is -2.13. The molecule has 0 bridgehead atoms. The molecule has 1 aromatic rings. The lowest BCUT2D eigenvalue weighted by Crippen LogP contribution is -2.28. The van der Waals surface area contributed by atoms with Crippen LogP contribution in [0.2, 0.25) is 0 Å². The van der Waals surface area contributed by atoms with Crippen LogP contribution in [0, 0.1) is 17.8 Å². The third-order valence-corrected chi connectivity index (χ3v) is 3.17. The van der Waals surface area contributed by atoms with E-state index in [9.17, 15) is 4.79 Å². The molecule has 0 unspecified atom stereocenters. The van der Waals surface area contributed by atoms with Crippen molar-refractivity contribution in [3.05, 3.63) is 35.4 Å². The molecule has 0 fully saturated rings. The standard InChI is InChI=1S/C16H22N2O/c1-3-13(4-2)12-18-16(19)15-9-5-7-14(11-15)8-6-10-17/h5,7,9,11,13H,3-4,10,12,17H2,1-2H3,(H,18,19). The average Bonchev–Trinajstić information content (AvgIpc) is 2.46. The zero-order valence-electron chi connectivity index (χ0n) is 11.7. The second-order valence-corrected chi connectivity index (χ2v) is 4.48. The number of benzene rings is 1. The Labute approximate surface area is 115 Å². The van der Waals surface area contributed by atoms with E-state index in [1.165, 1.54) is 0 Å². The third-order valence-electron chi connectivity index (χ3n) is 3.17. The Balaban J connectivity index is 2.66. The number of nitrogens with two attached hydrogens (primary N) is 1. The van der Waals surface area contributed by atoms with Gasteiger partial charge in [0.25, 0.3) is 5.91 Å². The highest BCUT2D eigenvalue weighted by Crippen LogP contribution is 2.07. The Hall–Kier alpha value is -1.79. The molecule has 0 saturated heterocycles. The van der Waals surface area contributed by atoms with Crippen LogP contribution in [0.25, 0.3) is 0 Å². The van der Waals surface area contributed by atoms with Crippen molar-refractivity contribution < 1.29 is 4.79 Å². The van der Waals surface area contributed by atoms with Crippen LogP contribution in [0.4, 0.5) is 0 Å². The van der Waals surface area contributed by atoms with E-state index in [1.54, 1.807) is 12.1 Å². The van der Waals surface area contributed by atoms with Crippen LogP contribution in [0.3, 0.4) is 0 Å². The molecule has 0 heterocycles. The fourth-order valence-corrected chi connectivity index (χ4v) is 1.81. The van der Waals surface area contributed by atoms with Crippen LogP contribution in [0.15, 0.2) is 24.3 Å². The molecule has 1 aromatic carbocycles. The van der Waals surface area contributed by atoms with Gasteiger partial charge < -0.3 is 11.1 Å². The Bertz CT molecular complexity index is 467. The van der Waals surface area contributed by atoms with E-state index in [4.69, 9.17) is 5.73 Å². The normalized spacial score (nSPS) is 9.89. The highest BCUT2D eigenvalue weighted by atomic mass is 16.1. The molecule has 0 aliphatic rings. The summed E-state index contributed by atoms with van der Waals surface area (Å²) in [5.41, 5.74) is 6.80. The fourth-order valence-electron chi connectivity index (χ4n) is 1.81. The van der Waals surface area contributed by atoms with Gasteiger partial charge in [-0.2, -0.15) is 0 Å². The van der Waals surface area contributed by atoms with Crippen LogP contribution < -0.4 is 11.1 Å². The van der Waals surface area contributed by atoms with E-state index >= 15 is 0 Å². The van der Waals surface area contributed by atoms with E-state index in [0.29, 0.717) is 18.0 Å². The van der Waals surface area contributed by atoms with E-state index in [-0.39, 0.29) is 5.91 Å². The van der Waals surface area contributed by atoms with E-state index in [0.717, 1.165) is 24.9 Å². The zero-order valence-corrected chi connectivity index (χ0v) is 11.7. The molecule has 1 amide bonds. The summed E-state index contributed by atoms with van der Waals surface area (Å²) in [6.07, 6.45) is 2.16. The molecular formula is C16H22N2O. The van der Waals surface area contributed by atoms with Crippen LogP contribution in [0.5, 0.6) is 0 Å². The molecule has 1 rings (SSSR count). The predicted molar refractivity (Wildman–Crippen MR) is 78.8 cm³/mol. The topological polar surface area (TPSA) is 55.1 Å². The summed E-state index contributed by atoms with van der Waals surface area (Å²) in [7, 11) is 0. The van der Waals surface area contributed by atoms with Gasteiger partial charge in [0.1, 0.15) is 0 Å². The first-order chi connectivity index (χ1) is 9.21. The minimum Gasteiger partial charge on any atom is -0.352 e. The van der Waals surface area contributed by atoms with Gasteiger partial charge in [-0.05, 0) is 24.1 Å². The van der Waals surface area contributed by atoms with E-state index < -0.39 is 0 Å². The van der Waals surface area contributed by atoms with Gasteiger partial charge in [-0.25, -0.2) is 0 Å². The monoisotopic (exact) mass is 258 g/mol. The maximum Gasteiger partial charge on any atom is 0.251 e. The first-order valence-corrected chi connectivity index (χ1v) is 6.78. The summed E-state index contributed by atoms with van der Waals surface area (Å²) in [5.74, 6) is 6.22. The fraction of sp³-hybridized carbons (Fsp3) is 0.438. The molecule has 3 nitrogen and oxygen atoms in total. The second kappa shape index (κ2) is 8.34. The summed E-state index contributed by atoms with van der Waals surface area (Å²) in [6.45, 7) is 5.34. The molecule has 3 heteroatoms. The van der Waals surface area contributed by atoms with Crippen LogP contribution >= 0.6 is 0 Å². The molecule has 0 spiro atoms. The maximum atomic E-state index is 12.0. The van der Waals surface area contributed by atoms with Crippen LogP contribution in [-0.2, 0) is 0 Å². The van der Waals surface area contributed by atoms with Crippen molar-refractivity contribution in [2.75, 3.05) is 13.1 Å². The maximum absolute atomic E-state index is 12.0. The largest absolute Gasteiger partial charge is 0.352 e. The highest BCUT2D eigenvalue weighted by molar-refractivity contribution is 5.94. The van der Waals surface area contributed by atoms with E-state index in [2.05, 4.69) is 31.0 Å². The minimum absolute atomic E-state index is 0.0386. The van der Waals surface area contributed by atoms with Crippen LogP contribution in [-0.4, -0.2) is 19.0 Å². The minimum atomic E-state index is -0.0386. The second-order valence-electron chi connectivity index (χ2n) is 4.48. The first-order valence-electron chi connectivity index (χ1n) is 6.78. The first kappa shape index (κ1) is 15.3. The molecule has 0 aliphatic heterocycles. The van der Waals surface area contributed by atoms with Gasteiger partial charge in [-0.1, -0.05) is 44.6 Å². The lowest BCUT2D eigenvalue weighted by atomic mass is 10.0. The van der Waals surface area contributed by atoms with Crippen molar-refractivity contribution >= 4 is 5.91 Å². The molecule has 0 aromatic heterocycles. The molecule has 102 valence electrons. The third kappa shape index (κ3) is 5.15. The molecule has 3 N–H and O–H groups in total. The SMILES string of the molecule is CCC(CC)CNC(=O)c1cccc(C#CCN)c1. The van der Waals surface area contributed by atoms with Crippen molar-refractivity contribution in [1.29, 1.82) is 0 Å². The number of hydrogen-bond acceptors (Lipinski definition) is 2. The summed E-state index contributed by atoms with van der Waals surface area (Å²) in [4.78, 5) is 12.0. The Morgan fingerprint density at radius 2 is 2.11 bits per heavy atom. The quantitative estimate of drug-likeness (QED) is 0.795. The number of hydrogen-bond donors (Lipinski definition) is 2. The Morgan fingerprint density at radius 3 is 2.74 bits per heavy atom. The molecular weight excluding hydrogens is 236 g/mol. The lowest BCUT2D eigenvalue weighted by molar-refractivity contribution is 0.0946. The number of amides is 1. The molecule has 0 aliphatic carbocycles. The summed E-state index contributed by atoms with van der Waals surface area (Å²) < 4.78 is 0. The number of carbonyl (C=O) groups is 1. The van der Waals surface area contributed by atoms with Gasteiger partial charge in [0, 0.05) is 17.7 Å². The van der Waals surface area contributed by atoms with Crippen molar-refractivity contribution in [3.8, 4) is 11.8 Å². The van der Waals surface area contributed by atoms with Gasteiger partial charge in [-0.3, -0.25) is 4.79 Å². The zero-order chi connectivity index (χ0) is 14.1. The van der Waals surface area contributed by atoms with Gasteiger partial charge in [-0.15, -0.1) is 0 Å². The number of nitrogens with one attached hydrogen (secondary N) is 1. The van der Waals surface area contributed by atoms with E-state index in [1.807, 2.05) is 12.1 Å². The number of rotatable bonds is 5. The summed E-state index contributed by atoms with van der Waals surface area (Å²) >= 11 is 0.